The van der Waals surface area contributed by atoms with Crippen LogP contribution in [0.15, 0.2) is 53.3 Å². The minimum absolute atomic E-state index is 0.0175. The Labute approximate surface area is 175 Å². The number of pyridine rings is 1. The summed E-state index contributed by atoms with van der Waals surface area (Å²) in [4.78, 5) is 29.9. The molecule has 3 aromatic rings. The molecule has 2 aromatic carbocycles. The number of amides is 1. The summed E-state index contributed by atoms with van der Waals surface area (Å²) in [6, 6.07) is 15.2. The first-order chi connectivity index (χ1) is 14.5. The Bertz CT molecular complexity index is 1150. The molecule has 0 saturated carbocycles. The number of hydrogen-bond donors (Lipinski definition) is 2. The minimum Gasteiger partial charge on any atom is -0.502 e. The predicted octanol–water partition coefficient (Wildman–Crippen LogP) is 1.93. The molecule has 1 amide bonds. The van der Waals surface area contributed by atoms with Crippen molar-refractivity contribution in [2.45, 2.75) is 6.54 Å². The maximum Gasteiger partial charge on any atom is 0.293 e. The van der Waals surface area contributed by atoms with Gasteiger partial charge in [-0.05, 0) is 30.8 Å². The highest BCUT2D eigenvalue weighted by molar-refractivity contribution is 6.08. The molecule has 1 fully saturated rings. The summed E-state index contributed by atoms with van der Waals surface area (Å²) in [5.74, 6) is -0.994. The number of aromatic hydroxyl groups is 1. The molecule has 0 bridgehead atoms. The summed E-state index contributed by atoms with van der Waals surface area (Å²) in [5.41, 5.74) is 2.13. The van der Waals surface area contributed by atoms with Gasteiger partial charge in [-0.15, -0.1) is 0 Å². The molecule has 1 aliphatic heterocycles. The molecule has 4 rings (SSSR count). The Morgan fingerprint density at radius 2 is 1.77 bits per heavy atom. The zero-order valence-electron chi connectivity index (χ0n) is 17.3. The van der Waals surface area contributed by atoms with Crippen LogP contribution < -0.4 is 15.8 Å². The summed E-state index contributed by atoms with van der Waals surface area (Å²) in [5, 5.41) is 13.8. The second-order valence-electron chi connectivity index (χ2n) is 7.75. The Morgan fingerprint density at radius 3 is 2.53 bits per heavy atom. The van der Waals surface area contributed by atoms with E-state index in [-0.39, 0.29) is 5.56 Å². The smallest absolute Gasteiger partial charge is 0.293 e. The molecule has 2 N–H and O–H groups in total. The second kappa shape index (κ2) is 8.20. The lowest BCUT2D eigenvalue weighted by molar-refractivity contribution is 0.0949. The second-order valence-corrected chi connectivity index (χ2v) is 7.75. The van der Waals surface area contributed by atoms with E-state index < -0.39 is 17.2 Å². The first-order valence-corrected chi connectivity index (χ1v) is 10.1. The molecule has 156 valence electrons. The van der Waals surface area contributed by atoms with Gasteiger partial charge >= 0.3 is 0 Å². The van der Waals surface area contributed by atoms with Gasteiger partial charge in [0.15, 0.2) is 5.75 Å². The highest BCUT2D eigenvalue weighted by Crippen LogP contribution is 2.24. The van der Waals surface area contributed by atoms with Crippen LogP contribution in [-0.4, -0.2) is 53.7 Å². The zero-order chi connectivity index (χ0) is 21.3. The van der Waals surface area contributed by atoms with Crippen LogP contribution >= 0.6 is 0 Å². The summed E-state index contributed by atoms with van der Waals surface area (Å²) in [6.07, 6.45) is 0. The van der Waals surface area contributed by atoms with Gasteiger partial charge in [0.05, 0.1) is 11.1 Å². The van der Waals surface area contributed by atoms with Gasteiger partial charge in [-0.25, -0.2) is 0 Å². The van der Waals surface area contributed by atoms with Crippen LogP contribution in [0.1, 0.15) is 15.9 Å². The lowest BCUT2D eigenvalue weighted by Crippen LogP contribution is -2.44. The van der Waals surface area contributed by atoms with Crippen LogP contribution in [0, 0.1) is 0 Å². The number of nitrogens with zero attached hydrogens (tertiary/aromatic N) is 3. The number of aryl methyl sites for hydroxylation is 1. The molecule has 7 heteroatoms. The van der Waals surface area contributed by atoms with Gasteiger partial charge in [0.25, 0.3) is 11.5 Å². The molecule has 2 heterocycles. The molecule has 30 heavy (non-hydrogen) atoms. The lowest BCUT2D eigenvalue weighted by Gasteiger charge is -2.34. The third kappa shape index (κ3) is 3.76. The Morgan fingerprint density at radius 1 is 1.03 bits per heavy atom. The van der Waals surface area contributed by atoms with Crippen LogP contribution in [0.5, 0.6) is 5.75 Å². The van der Waals surface area contributed by atoms with Gasteiger partial charge < -0.3 is 24.8 Å². The van der Waals surface area contributed by atoms with E-state index in [1.807, 2.05) is 12.1 Å². The number of benzene rings is 2. The summed E-state index contributed by atoms with van der Waals surface area (Å²) >= 11 is 0. The van der Waals surface area contributed by atoms with Crippen molar-refractivity contribution in [1.29, 1.82) is 0 Å². The first kappa shape index (κ1) is 20.0. The van der Waals surface area contributed by atoms with E-state index in [0.717, 1.165) is 37.4 Å². The summed E-state index contributed by atoms with van der Waals surface area (Å²) < 4.78 is 1.35. The number of carbonyl (C=O) groups is 1. The molecule has 0 atom stereocenters. The maximum absolute atomic E-state index is 12.9. The fraction of sp³-hybridized carbons (Fsp3) is 0.304. The van der Waals surface area contributed by atoms with Crippen LogP contribution in [0.4, 0.5) is 5.69 Å². The summed E-state index contributed by atoms with van der Waals surface area (Å²) in [7, 11) is 3.70. The Kier molecular flexibility index (Phi) is 5.46. The van der Waals surface area contributed by atoms with Crippen molar-refractivity contribution in [2.24, 2.45) is 7.05 Å². The van der Waals surface area contributed by atoms with Crippen molar-refractivity contribution in [2.75, 3.05) is 38.1 Å². The number of carbonyl (C=O) groups excluding carboxylic acids is 1. The third-order valence-corrected chi connectivity index (χ3v) is 5.74. The van der Waals surface area contributed by atoms with Crippen molar-refractivity contribution in [3.63, 3.8) is 0 Å². The molecule has 1 saturated heterocycles. The number of nitrogens with one attached hydrogen (secondary N) is 1. The van der Waals surface area contributed by atoms with Gasteiger partial charge in [-0.1, -0.05) is 30.3 Å². The van der Waals surface area contributed by atoms with E-state index in [1.54, 1.807) is 31.3 Å². The van der Waals surface area contributed by atoms with Crippen LogP contribution in [0.2, 0.25) is 0 Å². The number of fused-ring (bicyclic) bond motifs is 1. The topological polar surface area (TPSA) is 77.8 Å². The number of hydrogen-bond acceptors (Lipinski definition) is 5. The number of likely N-dealkylation sites (N-methyl/N-ethyl adjacent to an activating group) is 1. The van der Waals surface area contributed by atoms with Crippen molar-refractivity contribution in [3.05, 3.63) is 70.0 Å². The molecular weight excluding hydrogens is 380 g/mol. The average Bonchev–Trinajstić information content (AvgIpc) is 2.77. The van der Waals surface area contributed by atoms with Crippen molar-refractivity contribution in [1.82, 2.24) is 14.8 Å². The standard InChI is InChI=1S/C23H26N4O3/c1-25-10-12-27(13-11-25)17-7-5-6-16(14-17)15-24-22(29)20-18-8-3-4-9-19(18)26(2)23(30)21(20)28/h3-9,14,28H,10-13,15H2,1-2H3,(H,24,29). The van der Waals surface area contributed by atoms with Crippen LogP contribution in [0.25, 0.3) is 10.9 Å². The fourth-order valence-corrected chi connectivity index (χ4v) is 3.91. The monoisotopic (exact) mass is 406 g/mol. The predicted molar refractivity (Wildman–Crippen MR) is 118 cm³/mol. The number of aromatic nitrogens is 1. The maximum atomic E-state index is 12.9. The number of para-hydroxylation sites is 1. The fourth-order valence-electron chi connectivity index (χ4n) is 3.91. The van der Waals surface area contributed by atoms with E-state index in [1.165, 1.54) is 4.57 Å². The summed E-state index contributed by atoms with van der Waals surface area (Å²) in [6.45, 7) is 4.30. The van der Waals surface area contributed by atoms with Crippen molar-refractivity contribution in [3.8, 4) is 5.75 Å². The Hall–Kier alpha value is -3.32. The van der Waals surface area contributed by atoms with Gasteiger partial charge in [0, 0.05) is 50.8 Å². The Balaban J connectivity index is 1.55. The van der Waals surface area contributed by atoms with Crippen molar-refractivity contribution < 1.29 is 9.90 Å². The minimum atomic E-state index is -0.587. The molecule has 0 radical (unpaired) electrons. The van der Waals surface area contributed by atoms with Gasteiger partial charge in [0.2, 0.25) is 0 Å². The van der Waals surface area contributed by atoms with E-state index in [2.05, 4.69) is 34.3 Å². The molecule has 0 aliphatic carbocycles. The molecule has 1 aliphatic rings. The lowest BCUT2D eigenvalue weighted by atomic mass is 10.1. The van der Waals surface area contributed by atoms with Gasteiger partial charge in [-0.3, -0.25) is 9.59 Å². The van der Waals surface area contributed by atoms with E-state index >= 15 is 0 Å². The average molecular weight is 406 g/mol. The van der Waals surface area contributed by atoms with Crippen LogP contribution in [-0.2, 0) is 13.6 Å². The normalized spacial score (nSPS) is 14.8. The van der Waals surface area contributed by atoms with Crippen LogP contribution in [0.3, 0.4) is 0 Å². The van der Waals surface area contributed by atoms with E-state index in [4.69, 9.17) is 0 Å². The molecule has 1 aromatic heterocycles. The zero-order valence-corrected chi connectivity index (χ0v) is 17.3. The first-order valence-electron chi connectivity index (χ1n) is 10.1. The molecular formula is C23H26N4O3. The largest absolute Gasteiger partial charge is 0.502 e. The highest BCUT2D eigenvalue weighted by atomic mass is 16.3. The number of rotatable bonds is 4. The quantitative estimate of drug-likeness (QED) is 0.692. The third-order valence-electron chi connectivity index (χ3n) is 5.74. The van der Waals surface area contributed by atoms with Crippen molar-refractivity contribution >= 4 is 22.5 Å². The number of piperazine rings is 1. The highest BCUT2D eigenvalue weighted by Gasteiger charge is 2.20. The SMILES string of the molecule is CN1CCN(c2cccc(CNC(=O)c3c(O)c(=O)n(C)c4ccccc34)c2)CC1. The number of anilines is 1. The van der Waals surface area contributed by atoms with E-state index in [0.29, 0.717) is 17.4 Å². The van der Waals surface area contributed by atoms with Gasteiger partial charge in [-0.2, -0.15) is 0 Å². The van der Waals surface area contributed by atoms with Gasteiger partial charge in [0.1, 0.15) is 0 Å². The van der Waals surface area contributed by atoms with E-state index in [9.17, 15) is 14.7 Å². The molecule has 0 unspecified atom stereocenters. The molecule has 7 nitrogen and oxygen atoms in total. The molecule has 0 spiro atoms.